The molecule has 20 heavy (non-hydrogen) atoms. The molecule has 0 unspecified atom stereocenters. The molecule has 1 aliphatic rings. The van der Waals surface area contributed by atoms with E-state index in [1.165, 1.54) is 12.3 Å². The molecule has 5 nitrogen and oxygen atoms in total. The minimum absolute atomic E-state index is 0. The van der Waals surface area contributed by atoms with Gasteiger partial charge in [0, 0.05) is 18.3 Å². The Kier molecular flexibility index (Phi) is 6.07. The number of nitrogens with zero attached hydrogens (tertiary/aromatic N) is 1. The van der Waals surface area contributed by atoms with Gasteiger partial charge in [-0.3, -0.25) is 0 Å². The van der Waals surface area contributed by atoms with Gasteiger partial charge < -0.3 is 5.73 Å². The van der Waals surface area contributed by atoms with Crippen LogP contribution in [0.1, 0.15) is 25.7 Å². The molecule has 114 valence electrons. The summed E-state index contributed by atoms with van der Waals surface area (Å²) in [6.45, 7) is 0.279. The summed E-state index contributed by atoms with van der Waals surface area (Å²) < 4.78 is 27.3. The van der Waals surface area contributed by atoms with Crippen LogP contribution in [0.15, 0.2) is 17.2 Å². The Labute approximate surface area is 134 Å². The summed E-state index contributed by atoms with van der Waals surface area (Å²) >= 11 is 11.5. The summed E-state index contributed by atoms with van der Waals surface area (Å²) in [7, 11) is -3.69. The minimum atomic E-state index is -3.69. The lowest BCUT2D eigenvalue weighted by atomic mass is 10.0. The van der Waals surface area contributed by atoms with Crippen LogP contribution in [-0.4, -0.2) is 25.5 Å². The van der Waals surface area contributed by atoms with Crippen molar-refractivity contribution in [1.29, 1.82) is 0 Å². The van der Waals surface area contributed by atoms with Crippen LogP contribution >= 0.6 is 35.6 Å². The average molecular weight is 361 g/mol. The van der Waals surface area contributed by atoms with Gasteiger partial charge in [-0.2, -0.15) is 0 Å². The van der Waals surface area contributed by atoms with Crippen molar-refractivity contribution >= 4 is 45.6 Å². The Morgan fingerprint density at radius 1 is 1.35 bits per heavy atom. The SMILES string of the molecule is Cl.NCC1(NS(=O)(=O)c2cnc(Cl)c(Cl)c2)CCCC1. The molecule has 9 heteroatoms. The highest BCUT2D eigenvalue weighted by Gasteiger charge is 2.37. The molecule has 0 radical (unpaired) electrons. The molecule has 0 spiro atoms. The monoisotopic (exact) mass is 359 g/mol. The Hall–Kier alpha value is -0.110. The van der Waals surface area contributed by atoms with E-state index in [0.29, 0.717) is 0 Å². The molecule has 0 saturated heterocycles. The maximum Gasteiger partial charge on any atom is 0.242 e. The molecule has 0 atom stereocenters. The van der Waals surface area contributed by atoms with E-state index in [0.717, 1.165) is 25.7 Å². The van der Waals surface area contributed by atoms with Gasteiger partial charge in [-0.25, -0.2) is 18.1 Å². The molecule has 0 bridgehead atoms. The molecule has 0 aliphatic heterocycles. The number of hydrogen-bond donors (Lipinski definition) is 2. The van der Waals surface area contributed by atoms with Gasteiger partial charge in [-0.1, -0.05) is 36.0 Å². The number of nitrogens with two attached hydrogens (primary N) is 1. The van der Waals surface area contributed by atoms with Gasteiger partial charge in [0.25, 0.3) is 0 Å². The summed E-state index contributed by atoms with van der Waals surface area (Å²) in [5, 5.41) is 0.188. The molecular weight excluding hydrogens is 345 g/mol. The van der Waals surface area contributed by atoms with Gasteiger partial charge in [0.1, 0.15) is 10.0 Å². The molecule has 3 N–H and O–H groups in total. The number of hydrogen-bond acceptors (Lipinski definition) is 4. The number of halogens is 3. The highest BCUT2D eigenvalue weighted by Crippen LogP contribution is 2.31. The predicted octanol–water partition coefficient (Wildman–Crippen LogP) is 2.36. The molecule has 2 rings (SSSR count). The van der Waals surface area contributed by atoms with E-state index in [2.05, 4.69) is 9.71 Å². The first-order valence-electron chi connectivity index (χ1n) is 5.94. The summed E-state index contributed by atoms with van der Waals surface area (Å²) in [5.74, 6) is 0. The van der Waals surface area contributed by atoms with Gasteiger partial charge in [-0.05, 0) is 18.9 Å². The zero-order valence-corrected chi connectivity index (χ0v) is 13.7. The largest absolute Gasteiger partial charge is 0.329 e. The van der Waals surface area contributed by atoms with Crippen LogP contribution in [0, 0.1) is 0 Å². The number of aromatic nitrogens is 1. The van der Waals surface area contributed by atoms with Crippen molar-refractivity contribution in [2.45, 2.75) is 36.1 Å². The fraction of sp³-hybridized carbons (Fsp3) is 0.545. The van der Waals surface area contributed by atoms with E-state index in [-0.39, 0.29) is 34.0 Å². The van der Waals surface area contributed by atoms with Crippen molar-refractivity contribution in [1.82, 2.24) is 9.71 Å². The van der Waals surface area contributed by atoms with E-state index in [9.17, 15) is 8.42 Å². The summed E-state index contributed by atoms with van der Waals surface area (Å²) in [6.07, 6.45) is 4.63. The van der Waals surface area contributed by atoms with E-state index >= 15 is 0 Å². The molecule has 1 heterocycles. The lowest BCUT2D eigenvalue weighted by molar-refractivity contribution is 0.399. The van der Waals surface area contributed by atoms with Gasteiger partial charge >= 0.3 is 0 Å². The smallest absolute Gasteiger partial charge is 0.242 e. The second-order valence-electron chi connectivity index (χ2n) is 4.74. The molecule has 1 aliphatic carbocycles. The fourth-order valence-corrected chi connectivity index (χ4v) is 4.07. The third kappa shape index (κ3) is 3.75. The highest BCUT2D eigenvalue weighted by atomic mass is 35.5. The van der Waals surface area contributed by atoms with Crippen LogP contribution in [-0.2, 0) is 10.0 Å². The molecule has 1 saturated carbocycles. The molecule has 1 fully saturated rings. The normalized spacial score (nSPS) is 17.8. The van der Waals surface area contributed by atoms with Crippen LogP contribution in [0.2, 0.25) is 10.2 Å². The van der Waals surface area contributed by atoms with Gasteiger partial charge in [0.05, 0.1) is 5.02 Å². The Bertz CT molecular complexity index is 574. The van der Waals surface area contributed by atoms with Crippen molar-refractivity contribution in [3.8, 4) is 0 Å². The Morgan fingerprint density at radius 3 is 2.45 bits per heavy atom. The number of sulfonamides is 1. The zero-order valence-electron chi connectivity index (χ0n) is 10.6. The lowest BCUT2D eigenvalue weighted by Gasteiger charge is -2.28. The predicted molar refractivity (Wildman–Crippen MR) is 82.1 cm³/mol. The highest BCUT2D eigenvalue weighted by molar-refractivity contribution is 7.89. The van der Waals surface area contributed by atoms with Gasteiger partial charge in [0.2, 0.25) is 10.0 Å². The molecule has 1 aromatic rings. The lowest BCUT2D eigenvalue weighted by Crippen LogP contribution is -2.51. The van der Waals surface area contributed by atoms with Crippen molar-refractivity contribution in [2.75, 3.05) is 6.54 Å². The summed E-state index contributed by atoms with van der Waals surface area (Å²) in [6, 6.07) is 1.29. The molecule has 1 aromatic heterocycles. The van der Waals surface area contributed by atoms with E-state index in [1.807, 2.05) is 0 Å². The fourth-order valence-electron chi connectivity index (χ4n) is 2.29. The van der Waals surface area contributed by atoms with Crippen molar-refractivity contribution in [2.24, 2.45) is 5.73 Å². The second kappa shape index (κ2) is 6.77. The average Bonchev–Trinajstić information content (AvgIpc) is 2.81. The third-order valence-electron chi connectivity index (χ3n) is 3.38. The number of pyridine rings is 1. The Morgan fingerprint density at radius 2 is 1.95 bits per heavy atom. The van der Waals surface area contributed by atoms with E-state index in [1.54, 1.807) is 0 Å². The summed E-state index contributed by atoms with van der Waals surface area (Å²) in [4.78, 5) is 3.75. The van der Waals surface area contributed by atoms with Crippen LogP contribution in [0.4, 0.5) is 0 Å². The topological polar surface area (TPSA) is 85.1 Å². The zero-order chi connectivity index (χ0) is 14.1. The van der Waals surface area contributed by atoms with Crippen LogP contribution in [0.25, 0.3) is 0 Å². The van der Waals surface area contributed by atoms with Crippen molar-refractivity contribution in [3.05, 3.63) is 22.4 Å². The first kappa shape index (κ1) is 17.9. The third-order valence-corrected chi connectivity index (χ3v) is 5.62. The van der Waals surface area contributed by atoms with Crippen molar-refractivity contribution < 1.29 is 8.42 Å². The molecule has 0 amide bonds. The van der Waals surface area contributed by atoms with E-state index in [4.69, 9.17) is 28.9 Å². The first-order chi connectivity index (χ1) is 8.88. The number of rotatable bonds is 4. The van der Waals surface area contributed by atoms with Gasteiger partial charge in [0.15, 0.2) is 0 Å². The van der Waals surface area contributed by atoms with Gasteiger partial charge in [-0.15, -0.1) is 12.4 Å². The van der Waals surface area contributed by atoms with Crippen LogP contribution in [0.3, 0.4) is 0 Å². The first-order valence-corrected chi connectivity index (χ1v) is 8.18. The maximum atomic E-state index is 12.3. The quantitative estimate of drug-likeness (QED) is 0.807. The van der Waals surface area contributed by atoms with E-state index < -0.39 is 15.6 Å². The minimum Gasteiger partial charge on any atom is -0.329 e. The Balaban J connectivity index is 0.00000200. The molecular formula is C11H16Cl3N3O2S. The van der Waals surface area contributed by atoms with Crippen molar-refractivity contribution in [3.63, 3.8) is 0 Å². The van der Waals surface area contributed by atoms with Crippen LogP contribution in [0.5, 0.6) is 0 Å². The van der Waals surface area contributed by atoms with Crippen LogP contribution < -0.4 is 10.5 Å². The number of nitrogens with one attached hydrogen (secondary N) is 1. The molecule has 0 aromatic carbocycles. The second-order valence-corrected chi connectivity index (χ2v) is 7.19. The summed E-state index contributed by atoms with van der Waals surface area (Å²) in [5.41, 5.74) is 5.17. The maximum absolute atomic E-state index is 12.3. The standard InChI is InChI=1S/C11H15Cl2N3O2S.ClH/c12-9-5-8(6-15-10(9)13)19(17,18)16-11(7-14)3-1-2-4-11;/h5-6,16H,1-4,7,14H2;1H.